The Balaban J connectivity index is 1.68. The summed E-state index contributed by atoms with van der Waals surface area (Å²) in [6.07, 6.45) is 3.62. The molecular weight excluding hydrogens is 245 g/mol. The zero-order valence-corrected chi connectivity index (χ0v) is 11.0. The number of hydrogen-bond acceptors (Lipinski definition) is 3. The lowest BCUT2D eigenvalue weighted by atomic mass is 9.95. The van der Waals surface area contributed by atoms with E-state index in [9.17, 15) is 9.18 Å². The van der Waals surface area contributed by atoms with Gasteiger partial charge in [-0.3, -0.25) is 4.79 Å². The smallest absolute Gasteiger partial charge is 0.306 e. The molecule has 19 heavy (non-hydrogen) atoms. The second-order valence-corrected chi connectivity index (χ2v) is 5.00. The number of nitrogens with one attached hydrogen (secondary N) is 1. The van der Waals surface area contributed by atoms with Crippen molar-refractivity contribution in [3.63, 3.8) is 0 Å². The average molecular weight is 265 g/mol. The van der Waals surface area contributed by atoms with Crippen molar-refractivity contribution < 1.29 is 13.9 Å². The predicted octanol–water partition coefficient (Wildman–Crippen LogP) is 2.65. The molecule has 0 bridgehead atoms. The first-order valence-electron chi connectivity index (χ1n) is 6.85. The fourth-order valence-corrected chi connectivity index (χ4v) is 2.34. The van der Waals surface area contributed by atoms with Gasteiger partial charge in [0.15, 0.2) is 0 Å². The topological polar surface area (TPSA) is 38.3 Å². The van der Waals surface area contributed by atoms with E-state index in [1.165, 1.54) is 18.9 Å². The maximum absolute atomic E-state index is 13.3. The standard InChI is InChI=1S/C15H20FNO2/c16-14-6-2-1-5-13(14)11-19-15(18)8-7-12-4-3-9-17-10-12/h1-2,5-6,12,17H,3-4,7-11H2. The van der Waals surface area contributed by atoms with Gasteiger partial charge in [-0.2, -0.15) is 0 Å². The molecule has 0 aromatic heterocycles. The van der Waals surface area contributed by atoms with Crippen LogP contribution in [-0.2, 0) is 16.1 Å². The molecule has 1 fully saturated rings. The zero-order valence-electron chi connectivity index (χ0n) is 11.0. The lowest BCUT2D eigenvalue weighted by molar-refractivity contribution is -0.145. The number of esters is 1. The first-order valence-corrected chi connectivity index (χ1v) is 6.85. The van der Waals surface area contributed by atoms with Crippen molar-refractivity contribution in [3.8, 4) is 0 Å². The summed E-state index contributed by atoms with van der Waals surface area (Å²) in [4.78, 5) is 11.6. The minimum atomic E-state index is -0.327. The van der Waals surface area contributed by atoms with Crippen LogP contribution in [0.3, 0.4) is 0 Å². The molecule has 0 saturated carbocycles. The highest BCUT2D eigenvalue weighted by molar-refractivity contribution is 5.69. The lowest BCUT2D eigenvalue weighted by Crippen LogP contribution is -2.30. The summed E-state index contributed by atoms with van der Waals surface area (Å²) < 4.78 is 18.4. The van der Waals surface area contributed by atoms with Gasteiger partial charge in [0.25, 0.3) is 0 Å². The van der Waals surface area contributed by atoms with Gasteiger partial charge >= 0.3 is 5.97 Å². The van der Waals surface area contributed by atoms with Gasteiger partial charge in [-0.05, 0) is 44.3 Å². The fourth-order valence-electron chi connectivity index (χ4n) is 2.34. The number of carbonyl (C=O) groups is 1. The van der Waals surface area contributed by atoms with Crippen molar-refractivity contribution in [2.24, 2.45) is 5.92 Å². The lowest BCUT2D eigenvalue weighted by Gasteiger charge is -2.22. The summed E-state index contributed by atoms with van der Waals surface area (Å²) >= 11 is 0. The highest BCUT2D eigenvalue weighted by Gasteiger charge is 2.15. The fraction of sp³-hybridized carbons (Fsp3) is 0.533. The van der Waals surface area contributed by atoms with Crippen molar-refractivity contribution in [1.82, 2.24) is 5.32 Å². The second kappa shape index (κ2) is 7.24. The molecule has 1 unspecified atom stereocenters. The van der Waals surface area contributed by atoms with Gasteiger partial charge in [0, 0.05) is 12.0 Å². The van der Waals surface area contributed by atoms with Crippen molar-refractivity contribution in [3.05, 3.63) is 35.6 Å². The molecule has 0 aliphatic carbocycles. The Kier molecular flexibility index (Phi) is 5.33. The molecule has 0 amide bonds. The van der Waals surface area contributed by atoms with Gasteiger partial charge in [-0.15, -0.1) is 0 Å². The number of ether oxygens (including phenoxy) is 1. The maximum atomic E-state index is 13.3. The van der Waals surface area contributed by atoms with Crippen LogP contribution in [0.2, 0.25) is 0 Å². The number of piperidine rings is 1. The van der Waals surface area contributed by atoms with Crippen LogP contribution in [0.1, 0.15) is 31.2 Å². The third kappa shape index (κ3) is 4.63. The van der Waals surface area contributed by atoms with Crippen molar-refractivity contribution in [2.45, 2.75) is 32.3 Å². The first kappa shape index (κ1) is 14.0. The van der Waals surface area contributed by atoms with E-state index in [-0.39, 0.29) is 18.4 Å². The molecule has 1 saturated heterocycles. The molecule has 1 atom stereocenters. The number of rotatable bonds is 5. The van der Waals surface area contributed by atoms with Gasteiger partial charge in [0.2, 0.25) is 0 Å². The van der Waals surface area contributed by atoms with Crippen LogP contribution in [-0.4, -0.2) is 19.1 Å². The van der Waals surface area contributed by atoms with Crippen LogP contribution >= 0.6 is 0 Å². The number of hydrogen-bond donors (Lipinski definition) is 1. The van der Waals surface area contributed by atoms with E-state index in [1.807, 2.05) is 0 Å². The quantitative estimate of drug-likeness (QED) is 0.832. The summed E-state index contributed by atoms with van der Waals surface area (Å²) in [6, 6.07) is 6.36. The van der Waals surface area contributed by atoms with Crippen LogP contribution in [0.5, 0.6) is 0 Å². The van der Waals surface area contributed by atoms with E-state index in [0.29, 0.717) is 17.9 Å². The molecule has 104 valence electrons. The van der Waals surface area contributed by atoms with Gasteiger partial charge in [-0.1, -0.05) is 18.2 Å². The molecule has 2 rings (SSSR count). The molecule has 1 aromatic carbocycles. The van der Waals surface area contributed by atoms with Crippen LogP contribution < -0.4 is 5.32 Å². The second-order valence-electron chi connectivity index (χ2n) is 5.00. The molecule has 1 heterocycles. The van der Waals surface area contributed by atoms with E-state index >= 15 is 0 Å². The normalized spacial score (nSPS) is 19.1. The van der Waals surface area contributed by atoms with E-state index in [4.69, 9.17) is 4.74 Å². The maximum Gasteiger partial charge on any atom is 0.306 e. The van der Waals surface area contributed by atoms with Gasteiger partial charge in [0.05, 0.1) is 0 Å². The Bertz CT molecular complexity index is 416. The van der Waals surface area contributed by atoms with Crippen molar-refractivity contribution in [1.29, 1.82) is 0 Å². The third-order valence-corrected chi connectivity index (χ3v) is 3.50. The van der Waals surface area contributed by atoms with Crippen molar-refractivity contribution in [2.75, 3.05) is 13.1 Å². The molecule has 3 nitrogen and oxygen atoms in total. The highest BCUT2D eigenvalue weighted by Crippen LogP contribution is 2.16. The highest BCUT2D eigenvalue weighted by atomic mass is 19.1. The third-order valence-electron chi connectivity index (χ3n) is 3.50. The monoisotopic (exact) mass is 265 g/mol. The molecule has 1 N–H and O–H groups in total. The number of carbonyl (C=O) groups excluding carboxylic acids is 1. The summed E-state index contributed by atoms with van der Waals surface area (Å²) in [6.45, 7) is 2.09. The minimum absolute atomic E-state index is 0.0222. The van der Waals surface area contributed by atoms with Crippen LogP contribution in [0.25, 0.3) is 0 Å². The molecule has 0 spiro atoms. The largest absolute Gasteiger partial charge is 0.461 e. The molecule has 0 radical (unpaired) electrons. The molecule has 1 aliphatic heterocycles. The molecule has 1 aliphatic rings. The molecule has 4 heteroatoms. The van der Waals surface area contributed by atoms with Crippen LogP contribution in [0.15, 0.2) is 24.3 Å². The number of halogens is 1. The van der Waals surface area contributed by atoms with E-state index in [0.717, 1.165) is 19.5 Å². The average Bonchev–Trinajstić information content (AvgIpc) is 2.45. The van der Waals surface area contributed by atoms with Gasteiger partial charge < -0.3 is 10.1 Å². The Morgan fingerprint density at radius 2 is 2.26 bits per heavy atom. The van der Waals surface area contributed by atoms with Crippen molar-refractivity contribution >= 4 is 5.97 Å². The van der Waals surface area contributed by atoms with Gasteiger partial charge in [0.1, 0.15) is 12.4 Å². The Labute approximate surface area is 113 Å². The molecular formula is C15H20FNO2. The first-order chi connectivity index (χ1) is 9.25. The molecule has 1 aromatic rings. The summed E-state index contributed by atoms with van der Waals surface area (Å²) in [5.41, 5.74) is 0.426. The number of benzene rings is 1. The van der Waals surface area contributed by atoms with Crippen LogP contribution in [0, 0.1) is 11.7 Å². The Hall–Kier alpha value is -1.42. The minimum Gasteiger partial charge on any atom is -0.461 e. The van der Waals surface area contributed by atoms with Crippen LogP contribution in [0.4, 0.5) is 4.39 Å². The SMILES string of the molecule is O=C(CCC1CCCNC1)OCc1ccccc1F. The predicted molar refractivity (Wildman–Crippen MR) is 71.0 cm³/mol. The zero-order chi connectivity index (χ0) is 13.5. The summed E-state index contributed by atoms with van der Waals surface area (Å²) in [5, 5.41) is 3.32. The Morgan fingerprint density at radius 3 is 3.00 bits per heavy atom. The van der Waals surface area contributed by atoms with E-state index in [2.05, 4.69) is 5.32 Å². The van der Waals surface area contributed by atoms with Gasteiger partial charge in [-0.25, -0.2) is 4.39 Å². The van der Waals surface area contributed by atoms with E-state index < -0.39 is 0 Å². The summed E-state index contributed by atoms with van der Waals surface area (Å²) in [5.74, 6) is -0.00429. The Morgan fingerprint density at radius 1 is 1.42 bits per heavy atom. The van der Waals surface area contributed by atoms with E-state index in [1.54, 1.807) is 18.2 Å². The summed E-state index contributed by atoms with van der Waals surface area (Å²) in [7, 11) is 0.